The highest BCUT2D eigenvalue weighted by atomic mass is 16.6. The van der Waals surface area contributed by atoms with Crippen molar-refractivity contribution < 1.29 is 14.3 Å². The molecule has 3 aliphatic rings. The van der Waals surface area contributed by atoms with Gasteiger partial charge in [0.1, 0.15) is 11.8 Å². The second-order valence-corrected chi connectivity index (χ2v) is 7.37. The number of ether oxygens (including phenoxy) is 1. The summed E-state index contributed by atoms with van der Waals surface area (Å²) in [6.45, 7) is 3.66. The molecule has 2 aromatic carbocycles. The van der Waals surface area contributed by atoms with Crippen molar-refractivity contribution in [2.45, 2.75) is 25.3 Å². The smallest absolute Gasteiger partial charge is 0.236 e. The van der Waals surface area contributed by atoms with Gasteiger partial charge in [-0.25, -0.2) is 0 Å². The zero-order valence-corrected chi connectivity index (χ0v) is 15.0. The van der Waals surface area contributed by atoms with Gasteiger partial charge < -0.3 is 9.64 Å². The molecule has 6 nitrogen and oxygen atoms in total. The number of amides is 2. The molecule has 3 aliphatic heterocycles. The van der Waals surface area contributed by atoms with Crippen LogP contribution >= 0.6 is 0 Å². The molecule has 2 bridgehead atoms. The van der Waals surface area contributed by atoms with Gasteiger partial charge in [0.2, 0.25) is 11.8 Å². The molecule has 0 aromatic heterocycles. The molecule has 2 saturated heterocycles. The summed E-state index contributed by atoms with van der Waals surface area (Å²) in [6.07, 6.45) is 0. The van der Waals surface area contributed by atoms with Crippen molar-refractivity contribution >= 4 is 28.9 Å². The fraction of sp³-hybridized carbons (Fsp3) is 0.286. The van der Waals surface area contributed by atoms with Crippen LogP contribution in [0.5, 0.6) is 0 Å². The third kappa shape index (κ3) is 1.96. The molecule has 1 N–H and O–H groups in total. The van der Waals surface area contributed by atoms with E-state index in [0.717, 1.165) is 11.4 Å². The van der Waals surface area contributed by atoms with Gasteiger partial charge in [0.15, 0.2) is 11.4 Å². The minimum atomic E-state index is -1.14. The number of hydrogen-bond donors (Lipinski definition) is 1. The van der Waals surface area contributed by atoms with Gasteiger partial charge in [-0.15, -0.1) is 0 Å². The van der Waals surface area contributed by atoms with Crippen LogP contribution < -0.4 is 10.2 Å². The molecule has 3 heterocycles. The molecule has 0 radical (unpaired) electrons. The molecule has 0 aliphatic carbocycles. The van der Waals surface area contributed by atoms with E-state index in [2.05, 4.69) is 5.32 Å². The minimum Gasteiger partial charge on any atom is -0.321 e. The van der Waals surface area contributed by atoms with Crippen LogP contribution in [0.1, 0.15) is 13.8 Å². The summed E-state index contributed by atoms with van der Waals surface area (Å²) in [5.41, 5.74) is 0.250. The third-order valence-corrected chi connectivity index (χ3v) is 5.77. The number of aliphatic imine (C=N–C) groups is 1. The molecule has 5 rings (SSSR count). The quantitative estimate of drug-likeness (QED) is 0.853. The number of nitrogens with one attached hydrogen (secondary N) is 1. The number of rotatable bonds is 3. The highest BCUT2D eigenvalue weighted by molar-refractivity contribution is 6.13. The molecule has 0 saturated carbocycles. The van der Waals surface area contributed by atoms with Crippen molar-refractivity contribution in [2.24, 2.45) is 16.8 Å². The molecule has 4 atom stereocenters. The van der Waals surface area contributed by atoms with Crippen LogP contribution in [0.4, 0.5) is 11.4 Å². The van der Waals surface area contributed by atoms with Gasteiger partial charge in [0.05, 0.1) is 5.71 Å². The van der Waals surface area contributed by atoms with Crippen LogP contribution in [-0.4, -0.2) is 29.0 Å². The normalized spacial score (nSPS) is 33.6. The zero-order chi connectivity index (χ0) is 18.8. The monoisotopic (exact) mass is 361 g/mol. The molecule has 2 amide bonds. The van der Waals surface area contributed by atoms with Gasteiger partial charge in [-0.05, 0) is 38.1 Å². The number of hydrogen-bond acceptors (Lipinski definition) is 5. The minimum absolute atomic E-state index is 0.306. The Morgan fingerprint density at radius 2 is 1.44 bits per heavy atom. The maximum atomic E-state index is 12.8. The Hall–Kier alpha value is -2.99. The number of benzene rings is 2. The molecule has 2 fully saturated rings. The second kappa shape index (κ2) is 5.27. The third-order valence-electron chi connectivity index (χ3n) is 5.77. The molecule has 27 heavy (non-hydrogen) atoms. The summed E-state index contributed by atoms with van der Waals surface area (Å²) in [5, 5.41) is 2.49. The van der Waals surface area contributed by atoms with Crippen molar-refractivity contribution in [1.29, 1.82) is 0 Å². The van der Waals surface area contributed by atoms with Gasteiger partial charge in [-0.3, -0.25) is 19.9 Å². The van der Waals surface area contributed by atoms with E-state index in [4.69, 9.17) is 9.73 Å². The van der Waals surface area contributed by atoms with Crippen molar-refractivity contribution in [1.82, 2.24) is 5.32 Å². The number of anilines is 2. The maximum absolute atomic E-state index is 12.8. The number of carbonyl (C=O) groups excluding carboxylic acids is 2. The SMILES string of the molecule is CC1=NC2(C)OC1(N(c1ccccc1)c1ccccc1)C1C(=O)NC(=O)C12. The molecule has 6 heteroatoms. The Kier molecular flexibility index (Phi) is 3.16. The van der Waals surface area contributed by atoms with Crippen LogP contribution in [0.15, 0.2) is 65.7 Å². The van der Waals surface area contributed by atoms with Gasteiger partial charge in [-0.2, -0.15) is 0 Å². The largest absolute Gasteiger partial charge is 0.321 e. The number of imide groups is 1. The molecule has 0 spiro atoms. The predicted octanol–water partition coefficient (Wildman–Crippen LogP) is 2.63. The molecule has 4 unspecified atom stereocenters. The van der Waals surface area contributed by atoms with Gasteiger partial charge >= 0.3 is 0 Å². The number of carbonyl (C=O) groups is 2. The number of fused-ring (bicyclic) bond motifs is 5. The Morgan fingerprint density at radius 1 is 0.926 bits per heavy atom. The van der Waals surface area contributed by atoms with Crippen molar-refractivity contribution in [3.05, 3.63) is 60.7 Å². The highest BCUT2D eigenvalue weighted by Crippen LogP contribution is 2.59. The lowest BCUT2D eigenvalue weighted by Crippen LogP contribution is -2.57. The Balaban J connectivity index is 1.78. The predicted molar refractivity (Wildman–Crippen MR) is 100 cm³/mol. The summed E-state index contributed by atoms with van der Waals surface area (Å²) in [6, 6.07) is 19.5. The molecule has 136 valence electrons. The van der Waals surface area contributed by atoms with Crippen molar-refractivity contribution in [3.8, 4) is 0 Å². The lowest BCUT2D eigenvalue weighted by atomic mass is 9.78. The summed E-state index contributed by atoms with van der Waals surface area (Å²) in [4.78, 5) is 32.0. The topological polar surface area (TPSA) is 71.0 Å². The average molecular weight is 361 g/mol. The summed E-state index contributed by atoms with van der Waals surface area (Å²) in [7, 11) is 0. The summed E-state index contributed by atoms with van der Waals surface area (Å²) >= 11 is 0. The Bertz CT molecular complexity index is 935. The fourth-order valence-corrected chi connectivity index (χ4v) is 4.82. The van der Waals surface area contributed by atoms with Crippen molar-refractivity contribution in [2.75, 3.05) is 4.90 Å². The maximum Gasteiger partial charge on any atom is 0.236 e. The van der Waals surface area contributed by atoms with Crippen LogP contribution in [0.25, 0.3) is 0 Å². The Labute approximate surface area is 156 Å². The van der Waals surface area contributed by atoms with E-state index in [1.54, 1.807) is 6.92 Å². The van der Waals surface area contributed by atoms with Gasteiger partial charge in [0.25, 0.3) is 0 Å². The lowest BCUT2D eigenvalue weighted by Gasteiger charge is -2.42. The van der Waals surface area contributed by atoms with E-state index >= 15 is 0 Å². The van der Waals surface area contributed by atoms with E-state index in [0.29, 0.717) is 5.71 Å². The highest BCUT2D eigenvalue weighted by Gasteiger charge is 2.75. The average Bonchev–Trinajstić information content (AvgIpc) is 3.21. The molecular weight excluding hydrogens is 342 g/mol. The first-order valence-corrected chi connectivity index (χ1v) is 8.99. The van der Waals surface area contributed by atoms with E-state index in [-0.39, 0.29) is 11.8 Å². The first-order chi connectivity index (χ1) is 13.0. The molecular formula is C21H19N3O3. The van der Waals surface area contributed by atoms with E-state index in [1.165, 1.54) is 0 Å². The van der Waals surface area contributed by atoms with E-state index in [9.17, 15) is 9.59 Å². The second-order valence-electron chi connectivity index (χ2n) is 7.37. The van der Waals surface area contributed by atoms with Crippen LogP contribution in [0, 0.1) is 11.8 Å². The first kappa shape index (κ1) is 16.2. The van der Waals surface area contributed by atoms with Gasteiger partial charge in [-0.1, -0.05) is 36.4 Å². The number of para-hydroxylation sites is 2. The lowest BCUT2D eigenvalue weighted by molar-refractivity contribution is -0.133. The Morgan fingerprint density at radius 3 is 2.00 bits per heavy atom. The van der Waals surface area contributed by atoms with Gasteiger partial charge in [0, 0.05) is 11.4 Å². The molecule has 2 aromatic rings. The van der Waals surface area contributed by atoms with E-state index in [1.807, 2.05) is 72.5 Å². The van der Waals surface area contributed by atoms with Crippen molar-refractivity contribution in [3.63, 3.8) is 0 Å². The summed E-state index contributed by atoms with van der Waals surface area (Å²) < 4.78 is 6.48. The summed E-state index contributed by atoms with van der Waals surface area (Å²) in [5.74, 6) is -1.91. The van der Waals surface area contributed by atoms with Crippen LogP contribution in [-0.2, 0) is 14.3 Å². The standard InChI is InChI=1S/C21H19N3O3/c1-13-21(17-16(18(25)22-19(17)26)20(2,23-13)27-21)24(14-9-5-3-6-10-14)15-11-7-4-8-12-15/h3-12,16-17H,1-2H3,(H,22,25,26). The number of nitrogens with zero attached hydrogens (tertiary/aromatic N) is 2. The zero-order valence-electron chi connectivity index (χ0n) is 15.0. The first-order valence-electron chi connectivity index (χ1n) is 8.99. The van der Waals surface area contributed by atoms with Crippen LogP contribution in [0.2, 0.25) is 0 Å². The van der Waals surface area contributed by atoms with E-state index < -0.39 is 23.3 Å². The van der Waals surface area contributed by atoms with Crippen LogP contribution in [0.3, 0.4) is 0 Å². The fourth-order valence-electron chi connectivity index (χ4n) is 4.82.